The molecule has 0 atom stereocenters. The maximum atomic E-state index is 6.81. The van der Waals surface area contributed by atoms with Crippen LogP contribution in [0.4, 0.5) is 0 Å². The van der Waals surface area contributed by atoms with Gasteiger partial charge in [-0.3, -0.25) is 0 Å². The standard InChI is InChI=1S/C50H29N3O2/c1-2-12-30(13-3-1)31-22-24-32(25-23-31)47-49-48(39-18-8-11-21-43(39)55-49)52-50(51-47)40-29-45-46(37-17-5-4-14-34(37)40)38-27-26-33(28-44(38)54-45)53-41-19-9-6-15-35(41)36-16-7-10-20-42(36)53/h1-29H. The molecule has 0 fully saturated rings. The van der Waals surface area contributed by atoms with Gasteiger partial charge in [0.25, 0.3) is 0 Å². The molecular formula is C50H29N3O2. The van der Waals surface area contributed by atoms with Crippen LogP contribution in [-0.4, -0.2) is 14.5 Å². The average molecular weight is 704 g/mol. The van der Waals surface area contributed by atoms with E-state index in [0.29, 0.717) is 11.4 Å². The molecular weight excluding hydrogens is 675 g/mol. The molecule has 5 nitrogen and oxygen atoms in total. The summed E-state index contributed by atoms with van der Waals surface area (Å²) in [6.07, 6.45) is 0. The minimum Gasteiger partial charge on any atom is -0.456 e. The van der Waals surface area contributed by atoms with E-state index in [9.17, 15) is 0 Å². The number of nitrogens with zero attached hydrogens (tertiary/aromatic N) is 3. The van der Waals surface area contributed by atoms with E-state index in [1.54, 1.807) is 0 Å². The fraction of sp³-hybridized carbons (Fsp3) is 0. The molecule has 0 radical (unpaired) electrons. The number of para-hydroxylation sites is 3. The van der Waals surface area contributed by atoms with Crippen LogP contribution in [0.2, 0.25) is 0 Å². The molecule has 4 aromatic heterocycles. The first-order chi connectivity index (χ1) is 27.3. The zero-order chi connectivity index (χ0) is 36.0. The van der Waals surface area contributed by atoms with Crippen molar-refractivity contribution in [1.29, 1.82) is 0 Å². The second-order valence-electron chi connectivity index (χ2n) is 14.1. The van der Waals surface area contributed by atoms with Gasteiger partial charge < -0.3 is 13.4 Å². The Morgan fingerprint density at radius 2 is 1.02 bits per heavy atom. The van der Waals surface area contributed by atoms with E-state index in [0.717, 1.165) is 88.3 Å². The molecule has 0 aliphatic heterocycles. The van der Waals surface area contributed by atoms with Gasteiger partial charge in [0, 0.05) is 49.8 Å². The lowest BCUT2D eigenvalue weighted by Gasteiger charge is -2.10. The SMILES string of the molecule is c1ccc(-c2ccc(-c3nc(-c4cc5oc6cc(-n7c8ccccc8c8ccccc87)ccc6c5c5ccccc45)nc4c3oc3ccccc34)cc2)cc1. The zero-order valence-electron chi connectivity index (χ0n) is 29.4. The molecule has 0 unspecified atom stereocenters. The normalized spacial score (nSPS) is 12.0. The Kier molecular flexibility index (Phi) is 6.27. The molecule has 0 amide bonds. The van der Waals surface area contributed by atoms with E-state index in [4.69, 9.17) is 18.8 Å². The van der Waals surface area contributed by atoms with Gasteiger partial charge in [-0.2, -0.15) is 0 Å². The lowest BCUT2D eigenvalue weighted by atomic mass is 9.98. The number of furan rings is 2. The van der Waals surface area contributed by atoms with Crippen LogP contribution in [0.15, 0.2) is 185 Å². The lowest BCUT2D eigenvalue weighted by molar-refractivity contribution is 0.667. The number of hydrogen-bond donors (Lipinski definition) is 0. The Labute approximate surface area is 314 Å². The predicted molar refractivity (Wildman–Crippen MR) is 225 cm³/mol. The first-order valence-electron chi connectivity index (χ1n) is 18.5. The molecule has 0 saturated carbocycles. The van der Waals surface area contributed by atoms with Gasteiger partial charge in [0.2, 0.25) is 0 Å². The van der Waals surface area contributed by atoms with Crippen molar-refractivity contribution in [3.63, 3.8) is 0 Å². The van der Waals surface area contributed by atoms with Crippen LogP contribution in [-0.2, 0) is 0 Å². The van der Waals surface area contributed by atoms with Gasteiger partial charge in [-0.15, -0.1) is 0 Å². The number of hydrogen-bond acceptors (Lipinski definition) is 4. The summed E-state index contributed by atoms with van der Waals surface area (Å²) in [7, 11) is 0. The predicted octanol–water partition coefficient (Wildman–Crippen LogP) is 13.5. The molecule has 5 heteroatoms. The van der Waals surface area contributed by atoms with Crippen LogP contribution in [0.25, 0.3) is 116 Å². The van der Waals surface area contributed by atoms with E-state index < -0.39 is 0 Å². The number of benzene rings is 8. The van der Waals surface area contributed by atoms with Crippen LogP contribution in [0.5, 0.6) is 0 Å². The average Bonchev–Trinajstić information content (AvgIpc) is 3.93. The van der Waals surface area contributed by atoms with Crippen molar-refractivity contribution < 1.29 is 8.83 Å². The van der Waals surface area contributed by atoms with E-state index in [2.05, 4.69) is 156 Å². The maximum Gasteiger partial charge on any atom is 0.180 e. The quantitative estimate of drug-likeness (QED) is 0.183. The minimum absolute atomic E-state index is 0.616. The smallest absolute Gasteiger partial charge is 0.180 e. The molecule has 0 N–H and O–H groups in total. The van der Waals surface area contributed by atoms with Gasteiger partial charge in [0.1, 0.15) is 28.0 Å². The number of aromatic nitrogens is 3. The van der Waals surface area contributed by atoms with Gasteiger partial charge in [-0.1, -0.05) is 127 Å². The van der Waals surface area contributed by atoms with Crippen molar-refractivity contribution in [2.45, 2.75) is 0 Å². The molecule has 256 valence electrons. The zero-order valence-corrected chi connectivity index (χ0v) is 29.4. The van der Waals surface area contributed by atoms with E-state index in [1.807, 2.05) is 24.3 Å². The third-order valence-corrected chi connectivity index (χ3v) is 11.0. The topological polar surface area (TPSA) is 57.0 Å². The largest absolute Gasteiger partial charge is 0.456 e. The Morgan fingerprint density at radius 3 is 1.78 bits per heavy atom. The minimum atomic E-state index is 0.616. The molecule has 55 heavy (non-hydrogen) atoms. The summed E-state index contributed by atoms with van der Waals surface area (Å²) in [5.41, 5.74) is 12.1. The van der Waals surface area contributed by atoms with Gasteiger partial charge >= 0.3 is 0 Å². The fourth-order valence-electron chi connectivity index (χ4n) is 8.51. The number of fused-ring (bicyclic) bond motifs is 11. The second kappa shape index (κ2) is 11.5. The molecule has 0 saturated heterocycles. The summed E-state index contributed by atoms with van der Waals surface area (Å²) in [4.78, 5) is 10.6. The molecule has 0 aliphatic carbocycles. The van der Waals surface area contributed by atoms with Gasteiger partial charge in [0.05, 0.1) is 11.0 Å². The molecule has 12 aromatic rings. The van der Waals surface area contributed by atoms with Crippen LogP contribution in [0, 0.1) is 0 Å². The van der Waals surface area contributed by atoms with Crippen molar-refractivity contribution in [2.24, 2.45) is 0 Å². The third-order valence-electron chi connectivity index (χ3n) is 11.0. The van der Waals surface area contributed by atoms with Crippen molar-refractivity contribution in [2.75, 3.05) is 0 Å². The summed E-state index contributed by atoms with van der Waals surface area (Å²) in [5.74, 6) is 0.616. The van der Waals surface area contributed by atoms with E-state index in [-0.39, 0.29) is 0 Å². The summed E-state index contributed by atoms with van der Waals surface area (Å²) in [6.45, 7) is 0. The Hall–Kier alpha value is -7.50. The molecule has 4 heterocycles. The fourth-order valence-corrected chi connectivity index (χ4v) is 8.51. The molecule has 8 aromatic carbocycles. The summed E-state index contributed by atoms with van der Waals surface area (Å²) in [5, 5.41) is 7.71. The van der Waals surface area contributed by atoms with Gasteiger partial charge in [0.15, 0.2) is 11.4 Å². The highest BCUT2D eigenvalue weighted by atomic mass is 16.3. The van der Waals surface area contributed by atoms with Gasteiger partial charge in [-0.25, -0.2) is 9.97 Å². The number of rotatable bonds is 4. The highest BCUT2D eigenvalue weighted by molar-refractivity contribution is 6.22. The molecule has 12 rings (SSSR count). The van der Waals surface area contributed by atoms with Crippen LogP contribution >= 0.6 is 0 Å². The Bertz CT molecular complexity index is 3430. The summed E-state index contributed by atoms with van der Waals surface area (Å²) >= 11 is 0. The first-order valence-corrected chi connectivity index (χ1v) is 18.5. The van der Waals surface area contributed by atoms with Crippen molar-refractivity contribution in [3.05, 3.63) is 176 Å². The highest BCUT2D eigenvalue weighted by Crippen LogP contribution is 2.43. The second-order valence-corrected chi connectivity index (χ2v) is 14.1. The Balaban J connectivity index is 1.08. The van der Waals surface area contributed by atoms with Gasteiger partial charge in [-0.05, 0) is 64.4 Å². The van der Waals surface area contributed by atoms with Crippen molar-refractivity contribution in [3.8, 4) is 39.5 Å². The van der Waals surface area contributed by atoms with Crippen molar-refractivity contribution in [1.82, 2.24) is 14.5 Å². The Morgan fingerprint density at radius 1 is 0.400 bits per heavy atom. The van der Waals surface area contributed by atoms with E-state index >= 15 is 0 Å². The molecule has 0 aliphatic rings. The monoisotopic (exact) mass is 703 g/mol. The summed E-state index contributed by atoms with van der Waals surface area (Å²) in [6, 6.07) is 61.3. The molecule has 0 spiro atoms. The van der Waals surface area contributed by atoms with Crippen molar-refractivity contribution >= 4 is 76.6 Å². The van der Waals surface area contributed by atoms with Crippen LogP contribution in [0.3, 0.4) is 0 Å². The highest BCUT2D eigenvalue weighted by Gasteiger charge is 2.22. The van der Waals surface area contributed by atoms with E-state index in [1.165, 1.54) is 16.3 Å². The first kappa shape index (κ1) is 30.0. The summed E-state index contributed by atoms with van der Waals surface area (Å²) < 4.78 is 15.6. The molecule has 0 bridgehead atoms. The third kappa shape index (κ3) is 4.47. The van der Waals surface area contributed by atoms with Crippen LogP contribution < -0.4 is 0 Å². The lowest BCUT2D eigenvalue weighted by Crippen LogP contribution is -1.95. The maximum absolute atomic E-state index is 6.81. The van der Waals surface area contributed by atoms with Crippen LogP contribution in [0.1, 0.15) is 0 Å².